The van der Waals surface area contributed by atoms with Crippen molar-refractivity contribution in [1.82, 2.24) is 9.97 Å². The zero-order valence-electron chi connectivity index (χ0n) is 14.4. The maximum Gasteiger partial charge on any atom is 0.395 e. The summed E-state index contributed by atoms with van der Waals surface area (Å²) in [5.41, 5.74) is -0.568. The van der Waals surface area contributed by atoms with Gasteiger partial charge in [-0.2, -0.15) is 4.98 Å². The number of carbonyl (C=O) groups is 1. The van der Waals surface area contributed by atoms with Crippen molar-refractivity contribution >= 4 is 23.8 Å². The highest BCUT2D eigenvalue weighted by Gasteiger charge is 2.21. The molecule has 2 aromatic heterocycles. The molecule has 0 spiro atoms. The number of benzene rings is 1. The van der Waals surface area contributed by atoms with Crippen molar-refractivity contribution in [3.63, 3.8) is 0 Å². The van der Waals surface area contributed by atoms with Gasteiger partial charge in [-0.25, -0.2) is 4.79 Å². The minimum absolute atomic E-state index is 0.102. The SMILES string of the molecule is Cc1ccc(C(=O)O)cc1-c1ccc(C=Cc2nc(O)c([N+](=O)[O-])c(=O)[nH]2)o1. The van der Waals surface area contributed by atoms with Crippen LogP contribution < -0.4 is 5.56 Å². The summed E-state index contributed by atoms with van der Waals surface area (Å²) in [5, 5.41) is 29.3. The smallest absolute Gasteiger partial charge is 0.395 e. The van der Waals surface area contributed by atoms with E-state index >= 15 is 0 Å². The molecule has 1 aromatic carbocycles. The lowest BCUT2D eigenvalue weighted by molar-refractivity contribution is -0.387. The van der Waals surface area contributed by atoms with Crippen LogP contribution in [0.1, 0.15) is 27.5 Å². The summed E-state index contributed by atoms with van der Waals surface area (Å²) in [5.74, 6) is -1.35. The van der Waals surface area contributed by atoms with Crippen LogP contribution >= 0.6 is 0 Å². The van der Waals surface area contributed by atoms with Gasteiger partial charge in [-0.1, -0.05) is 6.07 Å². The fraction of sp³-hybridized carbons (Fsp3) is 0.0556. The Morgan fingerprint density at radius 2 is 2.04 bits per heavy atom. The molecule has 0 atom stereocenters. The number of carboxylic acid groups (broad SMARTS) is 1. The fourth-order valence-corrected chi connectivity index (χ4v) is 2.48. The summed E-state index contributed by atoms with van der Waals surface area (Å²) in [6.45, 7) is 1.81. The van der Waals surface area contributed by atoms with E-state index in [1.807, 2.05) is 6.92 Å². The first-order valence-electron chi connectivity index (χ1n) is 7.86. The number of furan rings is 1. The summed E-state index contributed by atoms with van der Waals surface area (Å²) in [6.07, 6.45) is 2.73. The third kappa shape index (κ3) is 3.65. The van der Waals surface area contributed by atoms with Crippen LogP contribution in [0.4, 0.5) is 5.69 Å². The second-order valence-electron chi connectivity index (χ2n) is 5.75. The van der Waals surface area contributed by atoms with E-state index in [2.05, 4.69) is 9.97 Å². The van der Waals surface area contributed by atoms with Crippen LogP contribution in [0.2, 0.25) is 0 Å². The van der Waals surface area contributed by atoms with Crippen molar-refractivity contribution in [3.05, 3.63) is 73.5 Å². The van der Waals surface area contributed by atoms with E-state index in [1.165, 1.54) is 24.3 Å². The Morgan fingerprint density at radius 1 is 1.29 bits per heavy atom. The Kier molecular flexibility index (Phi) is 4.77. The van der Waals surface area contributed by atoms with Gasteiger partial charge in [-0.05, 0) is 48.9 Å². The Labute approximate surface area is 156 Å². The van der Waals surface area contributed by atoms with Gasteiger partial charge in [-0.15, -0.1) is 0 Å². The van der Waals surface area contributed by atoms with Gasteiger partial charge in [0, 0.05) is 5.56 Å². The summed E-state index contributed by atoms with van der Waals surface area (Å²) < 4.78 is 5.66. The van der Waals surface area contributed by atoms with Crippen LogP contribution in [0, 0.1) is 17.0 Å². The number of aromatic nitrogens is 2. The molecule has 3 rings (SSSR count). The topological polar surface area (TPSA) is 160 Å². The number of aromatic amines is 1. The number of rotatable bonds is 5. The van der Waals surface area contributed by atoms with Gasteiger partial charge >= 0.3 is 17.2 Å². The molecule has 0 saturated carbocycles. The Hall–Kier alpha value is -4.21. The highest BCUT2D eigenvalue weighted by Crippen LogP contribution is 2.27. The van der Waals surface area contributed by atoms with E-state index in [-0.39, 0.29) is 11.4 Å². The largest absolute Gasteiger partial charge is 0.488 e. The number of aromatic hydroxyl groups is 1. The number of carboxylic acids is 1. The van der Waals surface area contributed by atoms with E-state index in [1.54, 1.807) is 18.2 Å². The molecule has 142 valence electrons. The van der Waals surface area contributed by atoms with E-state index in [9.17, 15) is 24.8 Å². The van der Waals surface area contributed by atoms with Crippen LogP contribution in [0.5, 0.6) is 5.88 Å². The van der Waals surface area contributed by atoms with Gasteiger partial charge < -0.3 is 19.6 Å². The number of aryl methyl sites for hydroxylation is 1. The van der Waals surface area contributed by atoms with Crippen LogP contribution in [0.15, 0.2) is 39.5 Å². The van der Waals surface area contributed by atoms with Crippen molar-refractivity contribution in [1.29, 1.82) is 0 Å². The molecule has 0 saturated heterocycles. The standard InChI is InChI=1S/C18H13N3O7/c1-9-2-3-10(18(24)25)8-12(9)13-6-4-11(28-13)5-7-14-19-16(22)15(21(26)27)17(23)20-14/h2-8H,1H3,(H,24,25)(H2,19,20,22,23). The minimum atomic E-state index is -1.08. The maximum atomic E-state index is 11.6. The first kappa shape index (κ1) is 18.6. The molecule has 0 aliphatic heterocycles. The molecule has 0 bridgehead atoms. The third-order valence-electron chi connectivity index (χ3n) is 3.86. The van der Waals surface area contributed by atoms with Crippen molar-refractivity contribution in [2.24, 2.45) is 0 Å². The molecule has 0 aliphatic carbocycles. The number of nitrogens with one attached hydrogen (secondary N) is 1. The monoisotopic (exact) mass is 383 g/mol. The Balaban J connectivity index is 1.90. The average molecular weight is 383 g/mol. The van der Waals surface area contributed by atoms with Gasteiger partial charge in [0.25, 0.3) is 5.88 Å². The molecule has 10 heteroatoms. The van der Waals surface area contributed by atoms with Gasteiger partial charge in [0.1, 0.15) is 17.3 Å². The summed E-state index contributed by atoms with van der Waals surface area (Å²) in [7, 11) is 0. The first-order chi connectivity index (χ1) is 13.3. The molecule has 10 nitrogen and oxygen atoms in total. The number of aromatic carboxylic acids is 1. The number of nitro groups is 1. The first-order valence-corrected chi connectivity index (χ1v) is 7.86. The molecule has 2 heterocycles. The summed E-state index contributed by atoms with van der Waals surface area (Å²) in [6, 6.07) is 7.93. The predicted octanol–water partition coefficient (Wildman–Crippen LogP) is 2.82. The number of hydrogen-bond donors (Lipinski definition) is 3. The quantitative estimate of drug-likeness (QED) is 0.448. The van der Waals surface area contributed by atoms with Crippen molar-refractivity contribution in [2.45, 2.75) is 6.92 Å². The predicted molar refractivity (Wildman–Crippen MR) is 97.9 cm³/mol. The fourth-order valence-electron chi connectivity index (χ4n) is 2.48. The molecule has 3 aromatic rings. The van der Waals surface area contributed by atoms with Gasteiger partial charge in [0.05, 0.1) is 10.5 Å². The second kappa shape index (κ2) is 7.19. The highest BCUT2D eigenvalue weighted by atomic mass is 16.6. The number of nitrogens with zero attached hydrogens (tertiary/aromatic N) is 2. The van der Waals surface area contributed by atoms with E-state index in [0.29, 0.717) is 17.1 Å². The molecule has 3 N–H and O–H groups in total. The molecule has 0 amide bonds. The van der Waals surface area contributed by atoms with Crippen LogP contribution in [0.25, 0.3) is 23.5 Å². The van der Waals surface area contributed by atoms with Gasteiger partial charge in [0.2, 0.25) is 0 Å². The lowest BCUT2D eigenvalue weighted by Gasteiger charge is -2.04. The minimum Gasteiger partial charge on any atom is -0.488 e. The molecule has 0 fully saturated rings. The van der Waals surface area contributed by atoms with E-state index < -0.39 is 28.0 Å². The number of hydrogen-bond acceptors (Lipinski definition) is 7. The van der Waals surface area contributed by atoms with Gasteiger partial charge in [-0.3, -0.25) is 14.9 Å². The Bertz CT molecular complexity index is 1170. The van der Waals surface area contributed by atoms with Gasteiger partial charge in [0.15, 0.2) is 0 Å². The lowest BCUT2D eigenvalue weighted by Crippen LogP contribution is -2.14. The van der Waals surface area contributed by atoms with Crippen molar-refractivity contribution in [3.8, 4) is 17.2 Å². The van der Waals surface area contributed by atoms with Crippen LogP contribution in [0.3, 0.4) is 0 Å². The zero-order chi connectivity index (χ0) is 20.4. The summed E-state index contributed by atoms with van der Waals surface area (Å²) in [4.78, 5) is 38.1. The third-order valence-corrected chi connectivity index (χ3v) is 3.86. The summed E-state index contributed by atoms with van der Waals surface area (Å²) >= 11 is 0. The van der Waals surface area contributed by atoms with Crippen LogP contribution in [-0.2, 0) is 0 Å². The highest BCUT2D eigenvalue weighted by molar-refractivity contribution is 5.89. The molecular weight excluding hydrogens is 370 g/mol. The molecule has 0 radical (unpaired) electrons. The number of H-pyrrole nitrogens is 1. The lowest BCUT2D eigenvalue weighted by atomic mass is 10.0. The molecular formula is C18H13N3O7. The maximum absolute atomic E-state index is 11.6. The van der Waals surface area contributed by atoms with Crippen LogP contribution in [-0.4, -0.2) is 31.1 Å². The average Bonchev–Trinajstić information content (AvgIpc) is 3.08. The van der Waals surface area contributed by atoms with Crippen molar-refractivity contribution in [2.75, 3.05) is 0 Å². The molecule has 28 heavy (non-hydrogen) atoms. The normalized spacial score (nSPS) is 11.0. The second-order valence-corrected chi connectivity index (χ2v) is 5.75. The molecule has 0 aliphatic rings. The zero-order valence-corrected chi connectivity index (χ0v) is 14.4. The Morgan fingerprint density at radius 3 is 2.68 bits per heavy atom. The molecule has 0 unspecified atom stereocenters. The van der Waals surface area contributed by atoms with E-state index in [4.69, 9.17) is 9.52 Å². The van der Waals surface area contributed by atoms with Crippen molar-refractivity contribution < 1.29 is 24.3 Å². The van der Waals surface area contributed by atoms with E-state index in [0.717, 1.165) is 5.56 Å².